The predicted molar refractivity (Wildman–Crippen MR) is 59.0 cm³/mol. The zero-order valence-corrected chi connectivity index (χ0v) is 10.1. The van der Waals surface area contributed by atoms with Gasteiger partial charge in [-0.1, -0.05) is 0 Å². The highest BCUT2D eigenvalue weighted by Crippen LogP contribution is 2.27. The molecular formula is C10H12BrF2NO. The quantitative estimate of drug-likeness (QED) is 0.914. The first-order valence-corrected chi connectivity index (χ1v) is 5.24. The normalized spacial score (nSPS) is 12.6. The SMILES string of the molecule is COCC(C)Nc1c(F)cc(F)cc1Br. The largest absolute Gasteiger partial charge is 0.383 e. The van der Waals surface area contributed by atoms with E-state index in [4.69, 9.17) is 4.74 Å². The van der Waals surface area contributed by atoms with Gasteiger partial charge in [0.2, 0.25) is 0 Å². The van der Waals surface area contributed by atoms with Crippen LogP contribution >= 0.6 is 15.9 Å². The van der Waals surface area contributed by atoms with Crippen LogP contribution in [0.4, 0.5) is 14.5 Å². The van der Waals surface area contributed by atoms with Gasteiger partial charge < -0.3 is 10.1 Å². The van der Waals surface area contributed by atoms with Gasteiger partial charge in [-0.15, -0.1) is 0 Å². The summed E-state index contributed by atoms with van der Waals surface area (Å²) in [5.41, 5.74) is 0.251. The maximum absolute atomic E-state index is 13.3. The van der Waals surface area contributed by atoms with E-state index >= 15 is 0 Å². The van der Waals surface area contributed by atoms with E-state index in [0.717, 1.165) is 6.07 Å². The number of anilines is 1. The van der Waals surface area contributed by atoms with Gasteiger partial charge in [-0.3, -0.25) is 0 Å². The molecule has 1 aromatic carbocycles. The number of benzene rings is 1. The van der Waals surface area contributed by atoms with Gasteiger partial charge in [-0.2, -0.15) is 0 Å². The summed E-state index contributed by atoms with van der Waals surface area (Å²) in [5.74, 6) is -1.23. The summed E-state index contributed by atoms with van der Waals surface area (Å²) >= 11 is 3.09. The average molecular weight is 280 g/mol. The van der Waals surface area contributed by atoms with Gasteiger partial charge in [0.15, 0.2) is 0 Å². The van der Waals surface area contributed by atoms with Crippen LogP contribution in [0, 0.1) is 11.6 Å². The van der Waals surface area contributed by atoms with Gasteiger partial charge in [0.05, 0.1) is 12.3 Å². The third kappa shape index (κ3) is 3.43. The van der Waals surface area contributed by atoms with Crippen molar-refractivity contribution in [3.05, 3.63) is 28.2 Å². The van der Waals surface area contributed by atoms with Crippen molar-refractivity contribution in [3.8, 4) is 0 Å². The molecule has 0 bridgehead atoms. The second-order valence-corrected chi connectivity index (χ2v) is 4.10. The van der Waals surface area contributed by atoms with Crippen molar-refractivity contribution in [2.45, 2.75) is 13.0 Å². The molecule has 2 nitrogen and oxygen atoms in total. The van der Waals surface area contributed by atoms with Gasteiger partial charge in [0.25, 0.3) is 0 Å². The molecule has 5 heteroatoms. The second-order valence-electron chi connectivity index (χ2n) is 3.25. The number of hydrogen-bond acceptors (Lipinski definition) is 2. The molecule has 1 atom stereocenters. The van der Waals surface area contributed by atoms with Crippen LogP contribution in [0.2, 0.25) is 0 Å². The molecule has 0 saturated heterocycles. The first kappa shape index (κ1) is 12.4. The van der Waals surface area contributed by atoms with E-state index in [2.05, 4.69) is 21.2 Å². The zero-order chi connectivity index (χ0) is 11.4. The summed E-state index contributed by atoms with van der Waals surface area (Å²) in [6.07, 6.45) is 0. The molecule has 0 amide bonds. The Balaban J connectivity index is 2.85. The minimum atomic E-state index is -0.621. The van der Waals surface area contributed by atoms with Crippen LogP contribution in [0.1, 0.15) is 6.92 Å². The third-order valence-corrected chi connectivity index (χ3v) is 2.44. The Morgan fingerprint density at radius 1 is 1.47 bits per heavy atom. The fourth-order valence-corrected chi connectivity index (χ4v) is 1.74. The van der Waals surface area contributed by atoms with E-state index < -0.39 is 11.6 Å². The number of hydrogen-bond donors (Lipinski definition) is 1. The lowest BCUT2D eigenvalue weighted by molar-refractivity contribution is 0.190. The van der Waals surface area contributed by atoms with Crippen molar-refractivity contribution in [1.82, 2.24) is 0 Å². The molecule has 0 aliphatic carbocycles. The highest BCUT2D eigenvalue weighted by atomic mass is 79.9. The van der Waals surface area contributed by atoms with Gasteiger partial charge in [-0.25, -0.2) is 8.78 Å². The Kier molecular flexibility index (Phi) is 4.47. The summed E-state index contributed by atoms with van der Waals surface area (Å²) in [7, 11) is 1.56. The first-order chi connectivity index (χ1) is 7.04. The molecule has 0 heterocycles. The molecule has 0 aliphatic heterocycles. The average Bonchev–Trinajstić information content (AvgIpc) is 2.11. The van der Waals surface area contributed by atoms with Crippen molar-refractivity contribution in [2.24, 2.45) is 0 Å². The maximum atomic E-state index is 13.3. The third-order valence-electron chi connectivity index (χ3n) is 1.81. The molecule has 1 N–H and O–H groups in total. The highest BCUT2D eigenvalue weighted by molar-refractivity contribution is 9.10. The molecular weight excluding hydrogens is 268 g/mol. The predicted octanol–water partition coefficient (Wildman–Crippen LogP) is 3.17. The van der Waals surface area contributed by atoms with E-state index in [-0.39, 0.29) is 11.7 Å². The summed E-state index contributed by atoms with van der Waals surface area (Å²) in [6, 6.07) is 2.00. The van der Waals surface area contributed by atoms with Gasteiger partial charge in [-0.05, 0) is 28.9 Å². The smallest absolute Gasteiger partial charge is 0.150 e. The summed E-state index contributed by atoms with van der Waals surface area (Å²) in [6.45, 7) is 2.29. The Morgan fingerprint density at radius 3 is 2.67 bits per heavy atom. The fraction of sp³-hybridized carbons (Fsp3) is 0.400. The van der Waals surface area contributed by atoms with Crippen LogP contribution in [-0.4, -0.2) is 19.8 Å². The van der Waals surface area contributed by atoms with Gasteiger partial charge >= 0.3 is 0 Å². The molecule has 0 radical (unpaired) electrons. The van der Waals surface area contributed by atoms with Crippen molar-refractivity contribution < 1.29 is 13.5 Å². The number of halogens is 3. The first-order valence-electron chi connectivity index (χ1n) is 4.44. The fourth-order valence-electron chi connectivity index (χ4n) is 1.22. The molecule has 0 spiro atoms. The lowest BCUT2D eigenvalue weighted by Gasteiger charge is -2.16. The minimum absolute atomic E-state index is 0.0498. The van der Waals surface area contributed by atoms with Crippen molar-refractivity contribution in [1.29, 1.82) is 0 Å². The number of rotatable bonds is 4. The number of ether oxygens (including phenoxy) is 1. The van der Waals surface area contributed by atoms with E-state index in [1.807, 2.05) is 6.92 Å². The van der Waals surface area contributed by atoms with Crippen LogP contribution in [0.3, 0.4) is 0 Å². The molecule has 1 rings (SSSR count). The molecule has 0 aliphatic rings. The van der Waals surface area contributed by atoms with Crippen molar-refractivity contribution >= 4 is 21.6 Å². The topological polar surface area (TPSA) is 21.3 Å². The van der Waals surface area contributed by atoms with Crippen molar-refractivity contribution in [3.63, 3.8) is 0 Å². The molecule has 0 aromatic heterocycles. The Labute approximate surface area is 95.8 Å². The zero-order valence-electron chi connectivity index (χ0n) is 8.48. The summed E-state index contributed by atoms with van der Waals surface area (Å²) in [4.78, 5) is 0. The molecule has 0 saturated carbocycles. The van der Waals surface area contributed by atoms with Crippen LogP contribution in [0.5, 0.6) is 0 Å². The van der Waals surface area contributed by atoms with Gasteiger partial charge in [0.1, 0.15) is 11.6 Å². The van der Waals surface area contributed by atoms with E-state index in [9.17, 15) is 8.78 Å². The molecule has 0 fully saturated rings. The number of nitrogens with one attached hydrogen (secondary N) is 1. The summed E-state index contributed by atoms with van der Waals surface area (Å²) in [5, 5.41) is 2.89. The number of methoxy groups -OCH3 is 1. The minimum Gasteiger partial charge on any atom is -0.383 e. The Morgan fingerprint density at radius 2 is 2.13 bits per heavy atom. The van der Waals surface area contributed by atoms with Crippen LogP contribution in [-0.2, 0) is 4.74 Å². The molecule has 1 unspecified atom stereocenters. The second kappa shape index (κ2) is 5.42. The Hall–Kier alpha value is -0.680. The molecule has 1 aromatic rings. The lowest BCUT2D eigenvalue weighted by Crippen LogP contribution is -2.21. The van der Waals surface area contributed by atoms with Crippen LogP contribution in [0.15, 0.2) is 16.6 Å². The van der Waals surface area contributed by atoms with E-state index in [0.29, 0.717) is 11.1 Å². The Bertz CT molecular complexity index is 323. The van der Waals surface area contributed by atoms with Crippen LogP contribution < -0.4 is 5.32 Å². The highest BCUT2D eigenvalue weighted by Gasteiger charge is 2.11. The van der Waals surface area contributed by atoms with E-state index in [1.54, 1.807) is 7.11 Å². The van der Waals surface area contributed by atoms with Crippen molar-refractivity contribution in [2.75, 3.05) is 19.0 Å². The standard InChI is InChI=1S/C10H12BrF2NO/c1-6(5-15-2)14-10-8(11)3-7(12)4-9(10)13/h3-4,6,14H,5H2,1-2H3. The lowest BCUT2D eigenvalue weighted by atomic mass is 10.2. The summed E-state index contributed by atoms with van der Waals surface area (Å²) < 4.78 is 31.4. The maximum Gasteiger partial charge on any atom is 0.150 e. The van der Waals surface area contributed by atoms with E-state index in [1.165, 1.54) is 6.07 Å². The monoisotopic (exact) mass is 279 g/mol. The molecule has 15 heavy (non-hydrogen) atoms. The van der Waals surface area contributed by atoms with Gasteiger partial charge in [0, 0.05) is 23.7 Å². The van der Waals surface area contributed by atoms with Crippen LogP contribution in [0.25, 0.3) is 0 Å². The molecule has 84 valence electrons.